The normalized spacial score (nSPS) is 11.6. The van der Waals surface area contributed by atoms with Gasteiger partial charge in [0.25, 0.3) is 5.56 Å². The molecule has 7 nitrogen and oxygen atoms in total. The molecule has 0 aliphatic carbocycles. The summed E-state index contributed by atoms with van der Waals surface area (Å²) in [5, 5.41) is 0. The number of aryl methyl sites for hydroxylation is 2. The van der Waals surface area contributed by atoms with Crippen molar-refractivity contribution in [1.82, 2.24) is 23.1 Å². The van der Waals surface area contributed by atoms with Gasteiger partial charge in [-0.1, -0.05) is 48.5 Å². The highest BCUT2D eigenvalue weighted by atomic mass is 16.2. The van der Waals surface area contributed by atoms with Crippen molar-refractivity contribution in [1.29, 1.82) is 0 Å². The molecular weight excluding hydrogens is 378 g/mol. The lowest BCUT2D eigenvalue weighted by Gasteiger charge is -2.11. The van der Waals surface area contributed by atoms with E-state index in [0.29, 0.717) is 23.5 Å². The Bertz CT molecular complexity index is 1530. The second-order valence-electron chi connectivity index (χ2n) is 7.35. The number of imidazole rings is 2. The molecule has 5 rings (SSSR count). The fourth-order valence-corrected chi connectivity index (χ4v) is 4.04. The van der Waals surface area contributed by atoms with Gasteiger partial charge < -0.3 is 0 Å². The third kappa shape index (κ3) is 2.41. The molecule has 7 heteroatoms. The SMILES string of the molecule is CCn1c(=O)c2c(nc3n(-c4ccccc4C)c(-c4ccccc4)cn23)n(C)c1=O. The quantitative estimate of drug-likeness (QED) is 0.468. The standard InChI is InChI=1S/C23H21N5O2/c1-4-26-21(29)19-20(25(3)23(26)30)24-22-27(19)14-18(16-11-6-5-7-12-16)28(22)17-13-9-8-10-15(17)2/h5-14H,4H2,1-3H3. The zero-order valence-corrected chi connectivity index (χ0v) is 17.0. The van der Waals surface area contributed by atoms with E-state index in [0.717, 1.165) is 22.5 Å². The van der Waals surface area contributed by atoms with E-state index in [4.69, 9.17) is 4.98 Å². The largest absolute Gasteiger partial charge is 0.332 e. The Labute approximate surface area is 172 Å². The Kier molecular flexibility index (Phi) is 3.99. The topological polar surface area (TPSA) is 66.2 Å². The van der Waals surface area contributed by atoms with Gasteiger partial charge in [-0.3, -0.25) is 22.9 Å². The number of para-hydroxylation sites is 1. The highest BCUT2D eigenvalue weighted by Gasteiger charge is 2.22. The lowest BCUT2D eigenvalue weighted by Crippen LogP contribution is -2.38. The van der Waals surface area contributed by atoms with Crippen LogP contribution < -0.4 is 11.2 Å². The van der Waals surface area contributed by atoms with E-state index in [-0.39, 0.29) is 11.2 Å². The van der Waals surface area contributed by atoms with Crippen molar-refractivity contribution in [2.45, 2.75) is 20.4 Å². The van der Waals surface area contributed by atoms with E-state index in [1.165, 1.54) is 9.13 Å². The van der Waals surface area contributed by atoms with Crippen LogP contribution in [0.5, 0.6) is 0 Å². The molecule has 0 saturated carbocycles. The Morgan fingerprint density at radius 2 is 1.67 bits per heavy atom. The van der Waals surface area contributed by atoms with Gasteiger partial charge in [-0.2, -0.15) is 4.98 Å². The molecule has 5 aromatic rings. The molecular formula is C23H21N5O2. The van der Waals surface area contributed by atoms with Crippen LogP contribution in [0, 0.1) is 6.92 Å². The van der Waals surface area contributed by atoms with Crippen LogP contribution in [0.4, 0.5) is 0 Å². The molecule has 0 aliphatic heterocycles. The summed E-state index contributed by atoms with van der Waals surface area (Å²) in [6, 6.07) is 18.1. The summed E-state index contributed by atoms with van der Waals surface area (Å²) < 4.78 is 6.53. The van der Waals surface area contributed by atoms with E-state index < -0.39 is 0 Å². The van der Waals surface area contributed by atoms with Crippen LogP contribution in [0.3, 0.4) is 0 Å². The molecule has 0 saturated heterocycles. The van der Waals surface area contributed by atoms with E-state index in [1.54, 1.807) is 18.4 Å². The summed E-state index contributed by atoms with van der Waals surface area (Å²) in [6.45, 7) is 4.14. The Hall–Kier alpha value is -3.87. The summed E-state index contributed by atoms with van der Waals surface area (Å²) in [7, 11) is 1.65. The lowest BCUT2D eigenvalue weighted by molar-refractivity contribution is 0.637. The van der Waals surface area contributed by atoms with Gasteiger partial charge in [0.1, 0.15) is 0 Å². The molecule has 3 aromatic heterocycles. The van der Waals surface area contributed by atoms with Crippen molar-refractivity contribution in [3.05, 3.63) is 87.2 Å². The molecule has 150 valence electrons. The second-order valence-corrected chi connectivity index (χ2v) is 7.35. The smallest absolute Gasteiger partial charge is 0.279 e. The van der Waals surface area contributed by atoms with Crippen molar-refractivity contribution in [3.8, 4) is 16.9 Å². The first kappa shape index (κ1) is 18.2. The molecule has 0 spiro atoms. The second kappa shape index (κ2) is 6.59. The van der Waals surface area contributed by atoms with Gasteiger partial charge in [0.2, 0.25) is 5.78 Å². The molecule has 0 amide bonds. The summed E-state index contributed by atoms with van der Waals surface area (Å²) in [6.07, 6.45) is 1.93. The van der Waals surface area contributed by atoms with Crippen LogP contribution in [0.25, 0.3) is 33.9 Å². The van der Waals surface area contributed by atoms with Crippen LogP contribution in [-0.4, -0.2) is 23.1 Å². The number of rotatable bonds is 3. The zero-order chi connectivity index (χ0) is 21.0. The number of hydrogen-bond acceptors (Lipinski definition) is 3. The molecule has 2 aromatic carbocycles. The van der Waals surface area contributed by atoms with Gasteiger partial charge in [-0.05, 0) is 25.5 Å². The Morgan fingerprint density at radius 3 is 2.37 bits per heavy atom. The van der Waals surface area contributed by atoms with Crippen LogP contribution in [0.2, 0.25) is 0 Å². The van der Waals surface area contributed by atoms with Crippen LogP contribution in [0.1, 0.15) is 12.5 Å². The summed E-state index contributed by atoms with van der Waals surface area (Å²) in [4.78, 5) is 30.5. The number of fused-ring (bicyclic) bond motifs is 3. The zero-order valence-electron chi connectivity index (χ0n) is 17.0. The van der Waals surface area contributed by atoms with Crippen molar-refractivity contribution in [2.24, 2.45) is 7.05 Å². The van der Waals surface area contributed by atoms with E-state index >= 15 is 0 Å². The fraction of sp³-hybridized carbons (Fsp3) is 0.174. The Balaban J connectivity index is 2.00. The van der Waals surface area contributed by atoms with E-state index in [9.17, 15) is 9.59 Å². The van der Waals surface area contributed by atoms with Crippen LogP contribution >= 0.6 is 0 Å². The molecule has 0 unspecified atom stereocenters. The molecule has 3 heterocycles. The average molecular weight is 399 g/mol. The number of hydrogen-bond donors (Lipinski definition) is 0. The van der Waals surface area contributed by atoms with Gasteiger partial charge in [0.15, 0.2) is 11.2 Å². The minimum absolute atomic E-state index is 0.304. The molecule has 0 N–H and O–H groups in total. The minimum atomic E-state index is -0.360. The van der Waals surface area contributed by atoms with Crippen molar-refractivity contribution < 1.29 is 0 Å². The number of nitrogens with zero attached hydrogens (tertiary/aromatic N) is 5. The van der Waals surface area contributed by atoms with Gasteiger partial charge >= 0.3 is 5.69 Å². The summed E-state index contributed by atoms with van der Waals surface area (Å²) >= 11 is 0. The monoisotopic (exact) mass is 399 g/mol. The third-order valence-corrected chi connectivity index (χ3v) is 5.59. The number of benzene rings is 2. The predicted molar refractivity (Wildman–Crippen MR) is 117 cm³/mol. The van der Waals surface area contributed by atoms with Crippen LogP contribution in [0.15, 0.2) is 70.4 Å². The molecule has 0 fully saturated rings. The maximum Gasteiger partial charge on any atom is 0.332 e. The van der Waals surface area contributed by atoms with E-state index in [2.05, 4.69) is 0 Å². The van der Waals surface area contributed by atoms with Gasteiger partial charge in [0.05, 0.1) is 11.4 Å². The Morgan fingerprint density at radius 1 is 0.967 bits per heavy atom. The highest BCUT2D eigenvalue weighted by Crippen LogP contribution is 2.29. The van der Waals surface area contributed by atoms with E-state index in [1.807, 2.05) is 72.3 Å². The predicted octanol–water partition coefficient (Wildman–Crippen LogP) is 3.13. The van der Waals surface area contributed by atoms with Crippen molar-refractivity contribution in [3.63, 3.8) is 0 Å². The average Bonchev–Trinajstić information content (AvgIpc) is 3.30. The van der Waals surface area contributed by atoms with Crippen molar-refractivity contribution in [2.75, 3.05) is 0 Å². The molecule has 30 heavy (non-hydrogen) atoms. The third-order valence-electron chi connectivity index (χ3n) is 5.59. The maximum atomic E-state index is 13.1. The van der Waals surface area contributed by atoms with Gasteiger partial charge in [-0.25, -0.2) is 4.79 Å². The molecule has 0 radical (unpaired) electrons. The molecule has 0 bridgehead atoms. The first-order chi connectivity index (χ1) is 14.5. The van der Waals surface area contributed by atoms with Crippen LogP contribution in [-0.2, 0) is 13.6 Å². The fourth-order valence-electron chi connectivity index (χ4n) is 4.04. The lowest BCUT2D eigenvalue weighted by atomic mass is 10.1. The van der Waals surface area contributed by atoms with Crippen molar-refractivity contribution >= 4 is 16.9 Å². The maximum absolute atomic E-state index is 13.1. The van der Waals surface area contributed by atoms with Gasteiger partial charge in [-0.15, -0.1) is 0 Å². The summed E-state index contributed by atoms with van der Waals surface area (Å²) in [5.41, 5.74) is 4.09. The number of aromatic nitrogens is 5. The first-order valence-electron chi connectivity index (χ1n) is 9.87. The molecule has 0 aliphatic rings. The highest BCUT2D eigenvalue weighted by molar-refractivity contribution is 5.79. The minimum Gasteiger partial charge on any atom is -0.279 e. The molecule has 0 atom stereocenters. The summed E-state index contributed by atoms with van der Waals surface area (Å²) in [5.74, 6) is 0.596. The van der Waals surface area contributed by atoms with Gasteiger partial charge in [0, 0.05) is 25.4 Å². The first-order valence-corrected chi connectivity index (χ1v) is 9.87.